The summed E-state index contributed by atoms with van der Waals surface area (Å²) in [7, 11) is 3.15. The number of benzene rings is 3. The molecule has 3 aromatic carbocycles. The van der Waals surface area contributed by atoms with Crippen LogP contribution in [0.25, 0.3) is 0 Å². The van der Waals surface area contributed by atoms with Crippen LogP contribution in [-0.4, -0.2) is 43.5 Å². The normalized spacial score (nSPS) is 11.4. The predicted molar refractivity (Wildman–Crippen MR) is 142 cm³/mol. The monoisotopic (exact) mass is 488 g/mol. The molecule has 3 aromatic rings. The van der Waals surface area contributed by atoms with E-state index < -0.39 is 6.04 Å². The topological polar surface area (TPSA) is 67.9 Å². The van der Waals surface area contributed by atoms with Crippen LogP contribution in [0.1, 0.15) is 36.5 Å². The van der Waals surface area contributed by atoms with Gasteiger partial charge in [0.25, 0.3) is 0 Å². The fourth-order valence-electron chi connectivity index (χ4n) is 4.11. The molecule has 36 heavy (non-hydrogen) atoms. The summed E-state index contributed by atoms with van der Waals surface area (Å²) in [6.07, 6.45) is 2.45. The van der Waals surface area contributed by atoms with E-state index in [1.54, 1.807) is 25.2 Å². The van der Waals surface area contributed by atoms with Crippen LogP contribution in [-0.2, 0) is 29.0 Å². The van der Waals surface area contributed by atoms with Crippen LogP contribution in [0.2, 0.25) is 0 Å². The Morgan fingerprint density at radius 1 is 0.833 bits per heavy atom. The Hall–Kier alpha value is -3.80. The van der Waals surface area contributed by atoms with Crippen molar-refractivity contribution in [3.05, 3.63) is 95.6 Å². The highest BCUT2D eigenvalue weighted by molar-refractivity contribution is 5.88. The van der Waals surface area contributed by atoms with Gasteiger partial charge >= 0.3 is 0 Å². The standard InChI is InChI=1S/C30H36N2O4/c1-4-5-18-31-30(34)26(19-23-12-8-6-9-13-23)32(22-24-14-10-7-11-15-24)29(33)21-25-16-17-27(35-2)28(20-25)36-3/h6-17,20,26H,4-5,18-19,21-22H2,1-3H3,(H,31,34)/t26-/m0/s1. The number of unbranched alkanes of at least 4 members (excludes halogenated alkanes) is 1. The lowest BCUT2D eigenvalue weighted by atomic mass is 10.0. The van der Waals surface area contributed by atoms with Crippen molar-refractivity contribution in [2.45, 2.75) is 45.2 Å². The molecule has 6 nitrogen and oxygen atoms in total. The van der Waals surface area contributed by atoms with Crippen LogP contribution in [0.15, 0.2) is 78.9 Å². The van der Waals surface area contributed by atoms with Crippen molar-refractivity contribution in [3.8, 4) is 11.5 Å². The largest absolute Gasteiger partial charge is 0.493 e. The summed E-state index contributed by atoms with van der Waals surface area (Å²) >= 11 is 0. The van der Waals surface area contributed by atoms with Crippen molar-refractivity contribution < 1.29 is 19.1 Å². The third-order valence-electron chi connectivity index (χ3n) is 6.10. The average molecular weight is 489 g/mol. The van der Waals surface area contributed by atoms with Crippen LogP contribution < -0.4 is 14.8 Å². The second-order valence-electron chi connectivity index (χ2n) is 8.72. The first-order valence-electron chi connectivity index (χ1n) is 12.4. The van der Waals surface area contributed by atoms with E-state index in [1.807, 2.05) is 72.8 Å². The zero-order chi connectivity index (χ0) is 25.8. The van der Waals surface area contributed by atoms with E-state index >= 15 is 0 Å². The van der Waals surface area contributed by atoms with Gasteiger partial charge in [0, 0.05) is 19.5 Å². The van der Waals surface area contributed by atoms with Crippen molar-refractivity contribution in [1.29, 1.82) is 0 Å². The Balaban J connectivity index is 1.93. The van der Waals surface area contributed by atoms with Gasteiger partial charge in [0.2, 0.25) is 11.8 Å². The lowest BCUT2D eigenvalue weighted by molar-refractivity contribution is -0.140. The van der Waals surface area contributed by atoms with Gasteiger partial charge in [0.15, 0.2) is 11.5 Å². The summed E-state index contributed by atoms with van der Waals surface area (Å²) in [6.45, 7) is 3.01. The molecule has 2 amide bonds. The number of hydrogen-bond donors (Lipinski definition) is 1. The predicted octanol–water partition coefficient (Wildman–Crippen LogP) is 4.80. The molecule has 0 bridgehead atoms. The highest BCUT2D eigenvalue weighted by Gasteiger charge is 2.30. The van der Waals surface area contributed by atoms with E-state index in [0.717, 1.165) is 29.5 Å². The van der Waals surface area contributed by atoms with Gasteiger partial charge in [-0.15, -0.1) is 0 Å². The molecule has 0 aliphatic rings. The van der Waals surface area contributed by atoms with E-state index in [9.17, 15) is 9.59 Å². The van der Waals surface area contributed by atoms with E-state index in [1.165, 1.54) is 0 Å². The first-order chi connectivity index (χ1) is 17.5. The summed E-state index contributed by atoms with van der Waals surface area (Å²) in [6, 6.07) is 24.4. The van der Waals surface area contributed by atoms with Gasteiger partial charge in [-0.2, -0.15) is 0 Å². The molecule has 0 aliphatic heterocycles. The highest BCUT2D eigenvalue weighted by Crippen LogP contribution is 2.28. The lowest BCUT2D eigenvalue weighted by Crippen LogP contribution is -2.51. The Bertz CT molecular complexity index is 1100. The van der Waals surface area contributed by atoms with Gasteiger partial charge in [0.1, 0.15) is 6.04 Å². The highest BCUT2D eigenvalue weighted by atomic mass is 16.5. The second kappa shape index (κ2) is 13.9. The Morgan fingerprint density at radius 2 is 1.47 bits per heavy atom. The summed E-state index contributed by atoms with van der Waals surface area (Å²) in [4.78, 5) is 29.0. The van der Waals surface area contributed by atoms with Crippen LogP contribution >= 0.6 is 0 Å². The average Bonchev–Trinajstić information content (AvgIpc) is 2.91. The molecule has 190 valence electrons. The summed E-state index contributed by atoms with van der Waals surface area (Å²) in [5, 5.41) is 3.05. The Morgan fingerprint density at radius 3 is 2.08 bits per heavy atom. The molecule has 6 heteroatoms. The number of hydrogen-bond acceptors (Lipinski definition) is 4. The first kappa shape index (κ1) is 26.8. The third-order valence-corrected chi connectivity index (χ3v) is 6.10. The first-order valence-corrected chi connectivity index (χ1v) is 12.4. The molecule has 0 spiro atoms. The molecule has 1 atom stereocenters. The summed E-state index contributed by atoms with van der Waals surface area (Å²) in [5.41, 5.74) is 2.77. The second-order valence-corrected chi connectivity index (χ2v) is 8.72. The molecule has 0 heterocycles. The van der Waals surface area contributed by atoms with Crippen LogP contribution in [0.5, 0.6) is 11.5 Å². The fraction of sp³-hybridized carbons (Fsp3) is 0.333. The molecule has 0 unspecified atom stereocenters. The Kier molecular flexibility index (Phi) is 10.4. The zero-order valence-electron chi connectivity index (χ0n) is 21.4. The van der Waals surface area contributed by atoms with Gasteiger partial charge in [-0.25, -0.2) is 0 Å². The SMILES string of the molecule is CCCCNC(=O)[C@H](Cc1ccccc1)N(Cc1ccccc1)C(=O)Cc1ccc(OC)c(OC)c1. The maximum absolute atomic E-state index is 13.8. The number of carbonyl (C=O) groups is 2. The minimum Gasteiger partial charge on any atom is -0.493 e. The smallest absolute Gasteiger partial charge is 0.243 e. The summed E-state index contributed by atoms with van der Waals surface area (Å²) in [5.74, 6) is 0.907. The third kappa shape index (κ3) is 7.60. The van der Waals surface area contributed by atoms with E-state index in [0.29, 0.717) is 31.0 Å². The molecule has 0 aromatic heterocycles. The van der Waals surface area contributed by atoms with Crippen molar-refractivity contribution in [3.63, 3.8) is 0 Å². The number of carbonyl (C=O) groups excluding carboxylic acids is 2. The minimum atomic E-state index is -0.642. The fourth-order valence-corrected chi connectivity index (χ4v) is 4.11. The number of nitrogens with one attached hydrogen (secondary N) is 1. The maximum atomic E-state index is 13.8. The Labute approximate surface area is 214 Å². The van der Waals surface area contributed by atoms with Gasteiger partial charge in [-0.05, 0) is 35.2 Å². The number of amides is 2. The summed E-state index contributed by atoms with van der Waals surface area (Å²) < 4.78 is 10.8. The molecule has 1 N–H and O–H groups in total. The number of ether oxygens (including phenoxy) is 2. The molecule has 0 fully saturated rings. The van der Waals surface area contributed by atoms with Crippen molar-refractivity contribution >= 4 is 11.8 Å². The molecular formula is C30H36N2O4. The van der Waals surface area contributed by atoms with Crippen molar-refractivity contribution in [2.24, 2.45) is 0 Å². The molecule has 0 aliphatic carbocycles. The van der Waals surface area contributed by atoms with Crippen LogP contribution in [0.4, 0.5) is 0 Å². The van der Waals surface area contributed by atoms with Crippen LogP contribution in [0.3, 0.4) is 0 Å². The number of rotatable bonds is 13. The van der Waals surface area contributed by atoms with Crippen molar-refractivity contribution in [1.82, 2.24) is 10.2 Å². The van der Waals surface area contributed by atoms with Crippen molar-refractivity contribution in [2.75, 3.05) is 20.8 Å². The van der Waals surface area contributed by atoms with Gasteiger partial charge in [-0.3, -0.25) is 9.59 Å². The van der Waals surface area contributed by atoms with Gasteiger partial charge < -0.3 is 19.7 Å². The lowest BCUT2D eigenvalue weighted by Gasteiger charge is -2.32. The maximum Gasteiger partial charge on any atom is 0.243 e. The van der Waals surface area contributed by atoms with E-state index in [2.05, 4.69) is 12.2 Å². The van der Waals surface area contributed by atoms with Crippen LogP contribution in [0, 0.1) is 0 Å². The molecule has 3 rings (SSSR count). The molecular weight excluding hydrogens is 452 g/mol. The van der Waals surface area contributed by atoms with E-state index in [-0.39, 0.29) is 18.2 Å². The zero-order valence-corrected chi connectivity index (χ0v) is 21.4. The number of methoxy groups -OCH3 is 2. The van der Waals surface area contributed by atoms with E-state index in [4.69, 9.17) is 9.47 Å². The molecule has 0 saturated heterocycles. The quantitative estimate of drug-likeness (QED) is 0.351. The molecule has 0 saturated carbocycles. The van der Waals surface area contributed by atoms with Gasteiger partial charge in [-0.1, -0.05) is 80.1 Å². The van der Waals surface area contributed by atoms with Gasteiger partial charge in [0.05, 0.1) is 20.6 Å². The minimum absolute atomic E-state index is 0.127. The number of nitrogens with zero attached hydrogens (tertiary/aromatic N) is 1. The molecule has 0 radical (unpaired) electrons.